The zero-order valence-corrected chi connectivity index (χ0v) is 11.1. The van der Waals surface area contributed by atoms with Crippen molar-refractivity contribution in [3.05, 3.63) is 29.9 Å². The van der Waals surface area contributed by atoms with Crippen LogP contribution in [0.4, 0.5) is 16.6 Å². The van der Waals surface area contributed by atoms with Gasteiger partial charge in [-0.3, -0.25) is 4.79 Å². The molecule has 0 bridgehead atoms. The molecule has 5 nitrogen and oxygen atoms in total. The van der Waals surface area contributed by atoms with Gasteiger partial charge < -0.3 is 10.2 Å². The van der Waals surface area contributed by atoms with Crippen molar-refractivity contribution in [2.75, 3.05) is 23.8 Å². The van der Waals surface area contributed by atoms with Crippen molar-refractivity contribution in [2.45, 2.75) is 6.92 Å². The lowest BCUT2D eigenvalue weighted by Crippen LogP contribution is -2.24. The lowest BCUT2D eigenvalue weighted by Gasteiger charge is -2.16. The number of carbonyl (C=O) groups excluding carboxylic acids is 1. The summed E-state index contributed by atoms with van der Waals surface area (Å²) in [4.78, 5) is 21.2. The van der Waals surface area contributed by atoms with Crippen LogP contribution in [0.25, 0.3) is 0 Å². The molecule has 0 aromatic carbocycles. The number of Topliss-reactive ketones (excluding diaryl/α,β-unsaturated/α-hetero) is 1. The Morgan fingerprint density at radius 3 is 3.00 bits per heavy atom. The molecular weight excluding hydrogens is 248 g/mol. The smallest absolute Gasteiger partial charge is 0.149 e. The Bertz CT molecular complexity index is 527. The molecule has 2 aromatic heterocycles. The van der Waals surface area contributed by atoms with E-state index in [1.807, 2.05) is 30.6 Å². The van der Waals surface area contributed by atoms with Crippen LogP contribution in [0.5, 0.6) is 0 Å². The first kappa shape index (κ1) is 12.5. The van der Waals surface area contributed by atoms with E-state index in [4.69, 9.17) is 0 Å². The fourth-order valence-corrected chi connectivity index (χ4v) is 2.14. The van der Waals surface area contributed by atoms with E-state index >= 15 is 0 Å². The van der Waals surface area contributed by atoms with E-state index in [0.29, 0.717) is 6.54 Å². The van der Waals surface area contributed by atoms with Gasteiger partial charge >= 0.3 is 0 Å². The van der Waals surface area contributed by atoms with Crippen LogP contribution in [0.15, 0.2) is 29.9 Å². The van der Waals surface area contributed by atoms with Gasteiger partial charge in [-0.05, 0) is 24.4 Å². The van der Waals surface area contributed by atoms with Gasteiger partial charge in [-0.1, -0.05) is 0 Å². The van der Waals surface area contributed by atoms with Crippen LogP contribution in [0.2, 0.25) is 0 Å². The number of hydrogen-bond acceptors (Lipinski definition) is 6. The highest BCUT2D eigenvalue weighted by Crippen LogP contribution is 2.21. The topological polar surface area (TPSA) is 58.1 Å². The first-order chi connectivity index (χ1) is 8.65. The first-order valence-corrected chi connectivity index (χ1v) is 6.36. The van der Waals surface area contributed by atoms with Crippen LogP contribution in [0.1, 0.15) is 6.92 Å². The number of carbonyl (C=O) groups is 1. The number of rotatable bonds is 5. The number of ketones is 1. The molecule has 0 saturated heterocycles. The summed E-state index contributed by atoms with van der Waals surface area (Å²) in [7, 11) is 1.83. The molecule has 94 valence electrons. The summed E-state index contributed by atoms with van der Waals surface area (Å²) < 4.78 is 0. The van der Waals surface area contributed by atoms with Crippen LogP contribution in [0.3, 0.4) is 0 Å². The molecule has 2 heterocycles. The Kier molecular flexibility index (Phi) is 3.88. The minimum Gasteiger partial charge on any atom is -0.352 e. The summed E-state index contributed by atoms with van der Waals surface area (Å²) in [6, 6.07) is 5.77. The van der Waals surface area contributed by atoms with E-state index in [1.54, 1.807) is 23.2 Å². The average molecular weight is 262 g/mol. The minimum atomic E-state index is 0.101. The summed E-state index contributed by atoms with van der Waals surface area (Å²) in [6.07, 6.45) is 1.49. The molecule has 0 amide bonds. The highest BCUT2D eigenvalue weighted by Gasteiger charge is 2.06. The molecule has 18 heavy (non-hydrogen) atoms. The second kappa shape index (κ2) is 5.59. The Balaban J connectivity index is 2.12. The van der Waals surface area contributed by atoms with Gasteiger partial charge in [-0.2, -0.15) is 0 Å². The quantitative estimate of drug-likeness (QED) is 0.896. The number of nitrogens with one attached hydrogen (secondary N) is 1. The van der Waals surface area contributed by atoms with Crippen molar-refractivity contribution in [1.82, 2.24) is 9.97 Å². The molecule has 2 aromatic rings. The Labute approximate surface area is 109 Å². The van der Waals surface area contributed by atoms with Gasteiger partial charge in [0, 0.05) is 13.1 Å². The van der Waals surface area contributed by atoms with Crippen LogP contribution < -0.4 is 10.2 Å². The SMILES string of the molecule is CC(=O)CN(C)c1cc(Nc2cccs2)ncn1. The van der Waals surface area contributed by atoms with Crippen LogP contribution in [-0.4, -0.2) is 29.3 Å². The molecule has 2 rings (SSSR count). The monoisotopic (exact) mass is 262 g/mol. The largest absolute Gasteiger partial charge is 0.352 e. The summed E-state index contributed by atoms with van der Waals surface area (Å²) in [6.45, 7) is 1.90. The maximum absolute atomic E-state index is 11.1. The summed E-state index contributed by atoms with van der Waals surface area (Å²) >= 11 is 1.60. The van der Waals surface area contributed by atoms with E-state index in [0.717, 1.165) is 16.6 Å². The van der Waals surface area contributed by atoms with Gasteiger partial charge in [-0.15, -0.1) is 11.3 Å². The summed E-state index contributed by atoms with van der Waals surface area (Å²) in [5.41, 5.74) is 0. The molecular formula is C12H14N4OS. The molecule has 0 aliphatic carbocycles. The third-order valence-corrected chi connectivity index (χ3v) is 3.06. The molecule has 0 saturated carbocycles. The van der Waals surface area contributed by atoms with Gasteiger partial charge in [0.1, 0.15) is 23.7 Å². The van der Waals surface area contributed by atoms with Crippen molar-refractivity contribution < 1.29 is 4.79 Å². The summed E-state index contributed by atoms with van der Waals surface area (Å²) in [5, 5.41) is 6.20. The average Bonchev–Trinajstić information content (AvgIpc) is 2.81. The van der Waals surface area contributed by atoms with Gasteiger partial charge in [0.25, 0.3) is 0 Å². The molecule has 0 aliphatic rings. The van der Waals surface area contributed by atoms with Gasteiger partial charge in [0.05, 0.1) is 11.5 Å². The normalized spacial score (nSPS) is 10.1. The number of aromatic nitrogens is 2. The Morgan fingerprint density at radius 1 is 1.50 bits per heavy atom. The first-order valence-electron chi connectivity index (χ1n) is 5.48. The molecule has 6 heteroatoms. The van der Waals surface area contributed by atoms with E-state index < -0.39 is 0 Å². The lowest BCUT2D eigenvalue weighted by molar-refractivity contribution is -0.115. The lowest BCUT2D eigenvalue weighted by atomic mass is 10.4. The maximum atomic E-state index is 11.1. The molecule has 0 unspecified atom stereocenters. The van der Waals surface area contributed by atoms with Crippen molar-refractivity contribution in [2.24, 2.45) is 0 Å². The molecule has 0 atom stereocenters. The second-order valence-electron chi connectivity index (χ2n) is 3.92. The Hall–Kier alpha value is -1.95. The molecule has 0 spiro atoms. The van der Waals surface area contributed by atoms with Gasteiger partial charge in [0.2, 0.25) is 0 Å². The van der Waals surface area contributed by atoms with E-state index in [2.05, 4.69) is 15.3 Å². The predicted molar refractivity (Wildman–Crippen MR) is 73.6 cm³/mol. The molecule has 1 N–H and O–H groups in total. The number of thiophene rings is 1. The highest BCUT2D eigenvalue weighted by molar-refractivity contribution is 7.14. The number of likely N-dealkylation sites (N-methyl/N-ethyl adjacent to an activating group) is 1. The van der Waals surface area contributed by atoms with Crippen LogP contribution >= 0.6 is 11.3 Å². The number of anilines is 3. The standard InChI is InChI=1S/C12H14N4OS/c1-9(17)7-16(2)11-6-10(13-8-14-11)15-12-4-3-5-18-12/h3-6,8H,7H2,1-2H3,(H,13,14,15). The van der Waals surface area contributed by atoms with Crippen molar-refractivity contribution in [1.29, 1.82) is 0 Å². The second-order valence-corrected chi connectivity index (χ2v) is 4.87. The predicted octanol–water partition coefficient (Wildman–Crippen LogP) is 2.31. The van der Waals surface area contributed by atoms with Crippen LogP contribution in [-0.2, 0) is 4.79 Å². The summed E-state index contributed by atoms with van der Waals surface area (Å²) in [5.74, 6) is 1.54. The van der Waals surface area contributed by atoms with Gasteiger partial charge in [-0.25, -0.2) is 9.97 Å². The molecule has 0 aliphatic heterocycles. The van der Waals surface area contributed by atoms with Crippen LogP contribution in [0, 0.1) is 0 Å². The molecule has 0 fully saturated rings. The third kappa shape index (κ3) is 3.27. The van der Waals surface area contributed by atoms with Crippen molar-refractivity contribution in [3.8, 4) is 0 Å². The van der Waals surface area contributed by atoms with Crippen molar-refractivity contribution >= 4 is 33.8 Å². The molecule has 0 radical (unpaired) electrons. The highest BCUT2D eigenvalue weighted by atomic mass is 32.1. The third-order valence-electron chi connectivity index (χ3n) is 2.28. The maximum Gasteiger partial charge on any atom is 0.149 e. The zero-order chi connectivity index (χ0) is 13.0. The van der Waals surface area contributed by atoms with E-state index in [-0.39, 0.29) is 5.78 Å². The van der Waals surface area contributed by atoms with E-state index in [9.17, 15) is 4.79 Å². The fraction of sp³-hybridized carbons (Fsp3) is 0.250. The zero-order valence-electron chi connectivity index (χ0n) is 10.3. The minimum absolute atomic E-state index is 0.101. The van der Waals surface area contributed by atoms with Crippen molar-refractivity contribution in [3.63, 3.8) is 0 Å². The fourth-order valence-electron chi connectivity index (χ4n) is 1.52. The number of nitrogens with zero attached hydrogens (tertiary/aromatic N) is 3. The van der Waals surface area contributed by atoms with E-state index in [1.165, 1.54) is 6.33 Å². The van der Waals surface area contributed by atoms with Gasteiger partial charge in [0.15, 0.2) is 0 Å². The Morgan fingerprint density at radius 2 is 2.33 bits per heavy atom. The number of hydrogen-bond donors (Lipinski definition) is 1.